The highest BCUT2D eigenvalue weighted by molar-refractivity contribution is 6.32. The molecule has 0 saturated heterocycles. The molecule has 0 saturated carbocycles. The second-order valence-corrected chi connectivity index (χ2v) is 11.6. The van der Waals surface area contributed by atoms with Crippen LogP contribution in [0.25, 0.3) is 22.0 Å². The summed E-state index contributed by atoms with van der Waals surface area (Å²) in [6.07, 6.45) is 1.49. The molecule has 10 heteroatoms. The Balaban J connectivity index is 1.60. The van der Waals surface area contributed by atoms with E-state index < -0.39 is 11.8 Å². The van der Waals surface area contributed by atoms with Crippen molar-refractivity contribution >= 4 is 46.0 Å². The van der Waals surface area contributed by atoms with Gasteiger partial charge in [-0.3, -0.25) is 14.7 Å². The van der Waals surface area contributed by atoms with Gasteiger partial charge in [-0.2, -0.15) is 5.10 Å². The van der Waals surface area contributed by atoms with Crippen LogP contribution in [0.5, 0.6) is 5.75 Å². The van der Waals surface area contributed by atoms with Gasteiger partial charge >= 0.3 is 5.97 Å². The fraction of sp³-hybridized carbons (Fsp3) is 0.229. The summed E-state index contributed by atoms with van der Waals surface area (Å²) in [5.41, 5.74) is 4.75. The van der Waals surface area contributed by atoms with Gasteiger partial charge in [0.2, 0.25) is 0 Å². The van der Waals surface area contributed by atoms with Crippen molar-refractivity contribution < 1.29 is 23.8 Å². The zero-order valence-electron chi connectivity index (χ0n) is 24.7. The summed E-state index contributed by atoms with van der Waals surface area (Å²) in [7, 11) is 1.54. The van der Waals surface area contributed by atoms with Crippen LogP contribution in [0.4, 0.5) is 4.39 Å². The van der Waals surface area contributed by atoms with E-state index in [-0.39, 0.29) is 36.2 Å². The lowest BCUT2D eigenvalue weighted by molar-refractivity contribution is -0.136. The predicted molar refractivity (Wildman–Crippen MR) is 175 cm³/mol. The predicted octanol–water partition coefficient (Wildman–Crippen LogP) is 8.60. The Morgan fingerprint density at radius 2 is 1.69 bits per heavy atom. The molecule has 1 amide bonds. The maximum absolute atomic E-state index is 15.6. The average Bonchev–Trinajstić information content (AvgIpc) is 3.45. The number of amides is 1. The summed E-state index contributed by atoms with van der Waals surface area (Å²) in [5, 5.41) is 20.8. The smallest absolute Gasteiger partial charge is 0.305 e. The van der Waals surface area contributed by atoms with E-state index in [1.807, 2.05) is 48.5 Å². The van der Waals surface area contributed by atoms with Crippen LogP contribution >= 0.6 is 23.2 Å². The van der Waals surface area contributed by atoms with Gasteiger partial charge in [0.15, 0.2) is 5.82 Å². The summed E-state index contributed by atoms with van der Waals surface area (Å²) >= 11 is 12.7. The monoisotopic (exact) mass is 647 g/mol. The number of ether oxygens (including phenoxy) is 1. The van der Waals surface area contributed by atoms with Gasteiger partial charge in [0.25, 0.3) is 5.91 Å². The van der Waals surface area contributed by atoms with Crippen molar-refractivity contribution in [3.05, 3.63) is 117 Å². The van der Waals surface area contributed by atoms with Crippen molar-refractivity contribution in [2.75, 3.05) is 13.7 Å². The fourth-order valence-corrected chi connectivity index (χ4v) is 6.10. The van der Waals surface area contributed by atoms with Gasteiger partial charge in [-0.1, -0.05) is 66.9 Å². The number of hydrogen-bond donors (Lipinski definition) is 3. The number of aromatic amines is 1. The third kappa shape index (κ3) is 7.13. The van der Waals surface area contributed by atoms with Crippen molar-refractivity contribution in [1.29, 1.82) is 0 Å². The van der Waals surface area contributed by atoms with Gasteiger partial charge < -0.3 is 15.2 Å². The topological polar surface area (TPSA) is 104 Å². The number of nitrogens with zero attached hydrogens (tertiary/aromatic N) is 1. The Bertz CT molecular complexity index is 1820. The van der Waals surface area contributed by atoms with Crippen molar-refractivity contribution in [3.8, 4) is 16.9 Å². The first-order valence-electron chi connectivity index (χ1n) is 14.6. The zero-order valence-corrected chi connectivity index (χ0v) is 26.3. The normalized spacial score (nSPS) is 12.6. The van der Waals surface area contributed by atoms with E-state index in [2.05, 4.69) is 22.4 Å². The number of fused-ring (bicyclic) bond motifs is 1. The summed E-state index contributed by atoms with van der Waals surface area (Å²) in [5.74, 6) is -1.60. The van der Waals surface area contributed by atoms with Gasteiger partial charge in [-0.05, 0) is 83.1 Å². The van der Waals surface area contributed by atoms with Gasteiger partial charge in [0.05, 0.1) is 24.2 Å². The number of carbonyl (C=O) groups is 2. The minimum atomic E-state index is -0.979. The number of carbonyl (C=O) groups excluding carboxylic acids is 1. The van der Waals surface area contributed by atoms with E-state index in [4.69, 9.17) is 33.0 Å². The highest BCUT2D eigenvalue weighted by atomic mass is 35.5. The van der Waals surface area contributed by atoms with Crippen molar-refractivity contribution in [2.24, 2.45) is 0 Å². The van der Waals surface area contributed by atoms with Crippen molar-refractivity contribution in [1.82, 2.24) is 15.5 Å². The molecular weight excluding hydrogens is 616 g/mol. The van der Waals surface area contributed by atoms with Crippen LogP contribution in [0.15, 0.2) is 78.9 Å². The largest absolute Gasteiger partial charge is 0.495 e. The highest BCUT2D eigenvalue weighted by Gasteiger charge is 2.30. The molecule has 0 aliphatic rings. The molecule has 232 valence electrons. The zero-order chi connectivity index (χ0) is 32.1. The second-order valence-electron chi connectivity index (χ2n) is 10.8. The van der Waals surface area contributed by atoms with Crippen LogP contribution in [-0.4, -0.2) is 40.8 Å². The van der Waals surface area contributed by atoms with Gasteiger partial charge in [-0.25, -0.2) is 4.39 Å². The molecule has 0 radical (unpaired) electrons. The summed E-state index contributed by atoms with van der Waals surface area (Å²) in [6, 6.07) is 23.6. The first-order chi connectivity index (χ1) is 21.7. The molecular formula is C35H32Cl2FN3O4. The lowest BCUT2D eigenvalue weighted by Crippen LogP contribution is -2.26. The lowest BCUT2D eigenvalue weighted by Gasteiger charge is -2.28. The number of aliphatic carboxylic acids is 1. The molecule has 2 unspecified atom stereocenters. The minimum absolute atomic E-state index is 0.0429. The van der Waals surface area contributed by atoms with Gasteiger partial charge in [-0.15, -0.1) is 0 Å². The molecule has 4 aromatic carbocycles. The van der Waals surface area contributed by atoms with Crippen molar-refractivity contribution in [2.45, 2.75) is 38.0 Å². The standard InChI is InChI=1S/C35H32Cl2FN3O4/c1-3-4-26(20-5-7-22(8-6-20)35(44)39-16-15-31(42)43)32(21-9-12-25(36)13-10-21)34-27-17-24(19-29(38)33(27)40-41-34)23-11-14-30(45-2)28(37)18-23/h5-14,17-19,26,32H,3-4,15-16H2,1-2H3,(H,39,44)(H,40,41)(H,42,43). The summed E-state index contributed by atoms with van der Waals surface area (Å²) in [6.45, 7) is 2.15. The maximum Gasteiger partial charge on any atom is 0.305 e. The van der Waals surface area contributed by atoms with Crippen molar-refractivity contribution in [3.63, 3.8) is 0 Å². The second kappa shape index (κ2) is 14.1. The Morgan fingerprint density at radius 3 is 2.33 bits per heavy atom. The van der Waals surface area contributed by atoms with Gasteiger partial charge in [0, 0.05) is 28.4 Å². The van der Waals surface area contributed by atoms with Crippen LogP contribution in [0, 0.1) is 5.82 Å². The van der Waals surface area contributed by atoms with Gasteiger partial charge in [0.1, 0.15) is 11.3 Å². The summed E-state index contributed by atoms with van der Waals surface area (Å²) < 4.78 is 20.9. The molecule has 3 N–H and O–H groups in total. The number of aromatic nitrogens is 2. The number of H-pyrrole nitrogens is 1. The van der Waals surface area contributed by atoms with E-state index in [9.17, 15) is 9.59 Å². The third-order valence-electron chi connectivity index (χ3n) is 7.89. The SMILES string of the molecule is CCCC(c1ccc(C(=O)NCCC(=O)O)cc1)C(c1ccc(Cl)cc1)c1[nH]nc2c(F)cc(-c3ccc(OC)c(Cl)c3)cc12. The number of benzene rings is 4. The Morgan fingerprint density at radius 1 is 0.978 bits per heavy atom. The fourth-order valence-electron chi connectivity index (χ4n) is 5.72. The molecule has 2 atom stereocenters. The molecule has 5 aromatic rings. The van der Waals surface area contributed by atoms with E-state index in [0.717, 1.165) is 35.2 Å². The molecule has 5 rings (SSSR count). The summed E-state index contributed by atoms with van der Waals surface area (Å²) in [4.78, 5) is 23.4. The van der Waals surface area contributed by atoms with E-state index in [1.165, 1.54) is 6.07 Å². The van der Waals surface area contributed by atoms with E-state index in [1.54, 1.807) is 31.4 Å². The average molecular weight is 649 g/mol. The van der Waals surface area contributed by atoms with Crippen LogP contribution < -0.4 is 10.1 Å². The Labute approximate surface area is 270 Å². The molecule has 1 heterocycles. The molecule has 0 bridgehead atoms. The van der Waals surface area contributed by atoms with E-state index >= 15 is 4.39 Å². The van der Waals surface area contributed by atoms with Crippen LogP contribution in [0.3, 0.4) is 0 Å². The minimum Gasteiger partial charge on any atom is -0.495 e. The number of rotatable bonds is 12. The molecule has 0 fully saturated rings. The quantitative estimate of drug-likeness (QED) is 0.126. The number of methoxy groups -OCH3 is 1. The highest BCUT2D eigenvalue weighted by Crippen LogP contribution is 2.44. The molecule has 0 spiro atoms. The first kappa shape index (κ1) is 32.0. The van der Waals surface area contributed by atoms with E-state index in [0.29, 0.717) is 32.3 Å². The molecule has 7 nitrogen and oxygen atoms in total. The number of carboxylic acids is 1. The Hall–Kier alpha value is -4.40. The lowest BCUT2D eigenvalue weighted by atomic mass is 9.76. The molecule has 1 aromatic heterocycles. The molecule has 45 heavy (non-hydrogen) atoms. The number of nitrogens with one attached hydrogen (secondary N) is 2. The van der Waals surface area contributed by atoms with Crippen LogP contribution in [0.1, 0.15) is 65.2 Å². The number of carboxylic acid groups (broad SMARTS) is 1. The maximum atomic E-state index is 15.6. The molecule has 0 aliphatic heterocycles. The number of halogens is 3. The van der Waals surface area contributed by atoms with Crippen LogP contribution in [0.2, 0.25) is 10.0 Å². The third-order valence-corrected chi connectivity index (χ3v) is 8.44. The van der Waals surface area contributed by atoms with Crippen LogP contribution in [-0.2, 0) is 4.79 Å². The molecule has 0 aliphatic carbocycles. The first-order valence-corrected chi connectivity index (χ1v) is 15.3. The number of hydrogen-bond acceptors (Lipinski definition) is 4. The Kier molecular flexibility index (Phi) is 10.1.